The second-order valence-electron chi connectivity index (χ2n) is 7.36. The Labute approximate surface area is 177 Å². The lowest BCUT2D eigenvalue weighted by atomic mass is 10.1. The van der Waals surface area contributed by atoms with E-state index in [0.717, 1.165) is 30.2 Å². The van der Waals surface area contributed by atoms with E-state index in [9.17, 15) is 4.79 Å². The molecule has 0 spiro atoms. The standard InChI is InChI=1S/C23H27N3O2S/c1-17-14-26(15-18(2)28-17)16-19-8-10-20(11-9-19)23(27)25-21-6-3-4-7-22(21)29-13-5-12-24/h3-4,6-11,17-18H,5,13-16H2,1-2H3,(H,25,27). The fourth-order valence-electron chi connectivity index (χ4n) is 3.53. The summed E-state index contributed by atoms with van der Waals surface area (Å²) in [4.78, 5) is 16.1. The van der Waals surface area contributed by atoms with Gasteiger partial charge in [0, 0.05) is 42.3 Å². The second-order valence-corrected chi connectivity index (χ2v) is 8.49. The fourth-order valence-corrected chi connectivity index (χ4v) is 4.39. The summed E-state index contributed by atoms with van der Waals surface area (Å²) in [5, 5.41) is 11.7. The van der Waals surface area contributed by atoms with Crippen molar-refractivity contribution in [3.05, 3.63) is 59.7 Å². The smallest absolute Gasteiger partial charge is 0.255 e. The van der Waals surface area contributed by atoms with Gasteiger partial charge in [0.1, 0.15) is 0 Å². The molecule has 2 aromatic carbocycles. The third kappa shape index (κ3) is 6.33. The Morgan fingerprint density at radius 1 is 1.17 bits per heavy atom. The molecule has 5 nitrogen and oxygen atoms in total. The van der Waals surface area contributed by atoms with Crippen molar-refractivity contribution in [1.29, 1.82) is 5.26 Å². The average molecular weight is 410 g/mol. The van der Waals surface area contributed by atoms with Crippen LogP contribution in [0.4, 0.5) is 5.69 Å². The van der Waals surface area contributed by atoms with Crippen molar-refractivity contribution < 1.29 is 9.53 Å². The number of carbonyl (C=O) groups is 1. The van der Waals surface area contributed by atoms with Crippen LogP contribution in [-0.2, 0) is 11.3 Å². The molecule has 0 radical (unpaired) electrons. The summed E-state index contributed by atoms with van der Waals surface area (Å²) in [6, 6.07) is 17.6. The van der Waals surface area contributed by atoms with E-state index in [1.165, 1.54) is 5.56 Å². The van der Waals surface area contributed by atoms with Crippen LogP contribution < -0.4 is 5.32 Å². The number of amides is 1. The quantitative estimate of drug-likeness (QED) is 0.537. The highest BCUT2D eigenvalue weighted by Gasteiger charge is 2.22. The van der Waals surface area contributed by atoms with Crippen molar-refractivity contribution in [1.82, 2.24) is 4.90 Å². The summed E-state index contributed by atoms with van der Waals surface area (Å²) in [6.45, 7) is 6.91. The molecule has 1 heterocycles. The molecule has 1 aliphatic rings. The minimum absolute atomic E-state index is 0.126. The number of nitriles is 1. The number of nitrogens with one attached hydrogen (secondary N) is 1. The molecule has 3 rings (SSSR count). The molecule has 0 aromatic heterocycles. The molecule has 1 N–H and O–H groups in total. The van der Waals surface area contributed by atoms with Gasteiger partial charge in [-0.1, -0.05) is 24.3 Å². The highest BCUT2D eigenvalue weighted by molar-refractivity contribution is 7.99. The van der Waals surface area contributed by atoms with Crippen molar-refractivity contribution in [3.63, 3.8) is 0 Å². The van der Waals surface area contributed by atoms with Gasteiger partial charge in [0.25, 0.3) is 5.91 Å². The zero-order valence-electron chi connectivity index (χ0n) is 16.9. The Hall–Kier alpha value is -2.33. The number of nitrogens with zero attached hydrogens (tertiary/aromatic N) is 2. The lowest BCUT2D eigenvalue weighted by molar-refractivity contribution is -0.0704. The van der Waals surface area contributed by atoms with Crippen LogP contribution in [0, 0.1) is 11.3 Å². The number of hydrogen-bond donors (Lipinski definition) is 1. The van der Waals surface area contributed by atoms with Crippen LogP contribution in [0.3, 0.4) is 0 Å². The zero-order chi connectivity index (χ0) is 20.6. The topological polar surface area (TPSA) is 65.4 Å². The minimum atomic E-state index is -0.126. The van der Waals surface area contributed by atoms with Crippen molar-refractivity contribution in [2.75, 3.05) is 24.2 Å². The molecule has 0 aliphatic carbocycles. The van der Waals surface area contributed by atoms with Gasteiger partial charge in [-0.2, -0.15) is 5.26 Å². The van der Waals surface area contributed by atoms with Crippen LogP contribution in [0.2, 0.25) is 0 Å². The van der Waals surface area contributed by atoms with Crippen LogP contribution in [0.1, 0.15) is 36.2 Å². The number of ether oxygens (including phenoxy) is 1. The Kier molecular flexibility index (Phi) is 7.70. The number of hydrogen-bond acceptors (Lipinski definition) is 5. The van der Waals surface area contributed by atoms with Gasteiger partial charge in [0.2, 0.25) is 0 Å². The van der Waals surface area contributed by atoms with Crippen molar-refractivity contribution in [3.8, 4) is 6.07 Å². The molecule has 2 aromatic rings. The highest BCUT2D eigenvalue weighted by Crippen LogP contribution is 2.28. The van der Waals surface area contributed by atoms with E-state index in [4.69, 9.17) is 10.00 Å². The molecule has 29 heavy (non-hydrogen) atoms. The van der Waals surface area contributed by atoms with Gasteiger partial charge in [-0.25, -0.2) is 0 Å². The molecule has 2 unspecified atom stereocenters. The fraction of sp³-hybridized carbons (Fsp3) is 0.391. The van der Waals surface area contributed by atoms with E-state index in [1.807, 2.05) is 48.5 Å². The molecule has 1 aliphatic heterocycles. The number of thioether (sulfide) groups is 1. The van der Waals surface area contributed by atoms with E-state index in [2.05, 4.69) is 30.1 Å². The van der Waals surface area contributed by atoms with Crippen LogP contribution in [0.5, 0.6) is 0 Å². The van der Waals surface area contributed by atoms with Crippen molar-refractivity contribution in [2.45, 2.75) is 43.9 Å². The van der Waals surface area contributed by atoms with Gasteiger partial charge in [0.05, 0.1) is 24.0 Å². The number of carbonyl (C=O) groups excluding carboxylic acids is 1. The van der Waals surface area contributed by atoms with Gasteiger partial charge < -0.3 is 10.1 Å². The Balaban J connectivity index is 1.60. The van der Waals surface area contributed by atoms with Gasteiger partial charge in [-0.3, -0.25) is 9.69 Å². The highest BCUT2D eigenvalue weighted by atomic mass is 32.2. The van der Waals surface area contributed by atoms with Gasteiger partial charge in [0.15, 0.2) is 0 Å². The predicted octanol–water partition coefficient (Wildman–Crippen LogP) is 4.55. The third-order valence-corrected chi connectivity index (χ3v) is 5.80. The summed E-state index contributed by atoms with van der Waals surface area (Å²) in [5.74, 6) is 0.579. The lowest BCUT2D eigenvalue weighted by Crippen LogP contribution is -2.44. The molecule has 0 saturated carbocycles. The van der Waals surface area contributed by atoms with E-state index >= 15 is 0 Å². The SMILES string of the molecule is CC1CN(Cc2ccc(C(=O)Nc3ccccc3SCCC#N)cc2)CC(C)O1. The molecule has 6 heteroatoms. The first kappa shape index (κ1) is 21.4. The first-order valence-corrected chi connectivity index (χ1v) is 10.9. The summed E-state index contributed by atoms with van der Waals surface area (Å²) in [7, 11) is 0. The predicted molar refractivity (Wildman–Crippen MR) is 117 cm³/mol. The van der Waals surface area contributed by atoms with Crippen LogP contribution in [0.15, 0.2) is 53.4 Å². The molecule has 1 saturated heterocycles. The van der Waals surface area contributed by atoms with Crippen molar-refractivity contribution in [2.24, 2.45) is 0 Å². The molecule has 2 atom stereocenters. The van der Waals surface area contributed by atoms with Gasteiger partial charge >= 0.3 is 0 Å². The Morgan fingerprint density at radius 3 is 2.55 bits per heavy atom. The Morgan fingerprint density at radius 2 is 1.86 bits per heavy atom. The van der Waals surface area contributed by atoms with E-state index in [0.29, 0.717) is 17.7 Å². The Bertz CT molecular complexity index is 853. The summed E-state index contributed by atoms with van der Waals surface area (Å²) < 4.78 is 5.79. The number of para-hydroxylation sites is 1. The zero-order valence-corrected chi connectivity index (χ0v) is 17.7. The molecular weight excluding hydrogens is 382 g/mol. The van der Waals surface area contributed by atoms with E-state index < -0.39 is 0 Å². The van der Waals surface area contributed by atoms with Crippen LogP contribution in [0.25, 0.3) is 0 Å². The second kappa shape index (κ2) is 10.4. The molecule has 1 fully saturated rings. The van der Waals surface area contributed by atoms with Crippen LogP contribution in [-0.4, -0.2) is 41.9 Å². The molecule has 1 amide bonds. The van der Waals surface area contributed by atoms with Gasteiger partial charge in [-0.15, -0.1) is 11.8 Å². The maximum atomic E-state index is 12.7. The number of rotatable bonds is 7. The minimum Gasteiger partial charge on any atom is -0.373 e. The van der Waals surface area contributed by atoms with E-state index in [-0.39, 0.29) is 18.1 Å². The normalized spacial score (nSPS) is 19.5. The van der Waals surface area contributed by atoms with E-state index in [1.54, 1.807) is 11.8 Å². The lowest BCUT2D eigenvalue weighted by Gasteiger charge is -2.35. The maximum Gasteiger partial charge on any atom is 0.255 e. The third-order valence-electron chi connectivity index (χ3n) is 4.72. The number of anilines is 1. The maximum absolute atomic E-state index is 12.7. The van der Waals surface area contributed by atoms with Gasteiger partial charge in [-0.05, 0) is 43.7 Å². The summed E-state index contributed by atoms with van der Waals surface area (Å²) >= 11 is 1.58. The monoisotopic (exact) mass is 409 g/mol. The summed E-state index contributed by atoms with van der Waals surface area (Å²) in [5.41, 5.74) is 2.60. The summed E-state index contributed by atoms with van der Waals surface area (Å²) in [6.07, 6.45) is 0.972. The number of benzene rings is 2. The first-order valence-electron chi connectivity index (χ1n) is 9.92. The molecule has 152 valence electrons. The average Bonchev–Trinajstić information content (AvgIpc) is 2.69. The first-order chi connectivity index (χ1) is 14.0. The molecule has 0 bridgehead atoms. The van der Waals surface area contributed by atoms with Crippen LogP contribution >= 0.6 is 11.8 Å². The molecular formula is C23H27N3O2S. The largest absolute Gasteiger partial charge is 0.373 e. The number of morpholine rings is 1. The van der Waals surface area contributed by atoms with Crippen molar-refractivity contribution >= 4 is 23.4 Å².